The first-order valence-electron chi connectivity index (χ1n) is 11.2. The molecule has 1 fully saturated rings. The lowest BCUT2D eigenvalue weighted by molar-refractivity contribution is -0.128. The Balaban J connectivity index is 1.58. The quantitative estimate of drug-likeness (QED) is 0.449. The molecule has 0 spiro atoms. The van der Waals surface area contributed by atoms with E-state index in [2.05, 4.69) is 51.2 Å². The van der Waals surface area contributed by atoms with Gasteiger partial charge in [-0.05, 0) is 42.1 Å². The van der Waals surface area contributed by atoms with Crippen LogP contribution < -0.4 is 0 Å². The molecule has 1 aliphatic heterocycles. The number of nitriles is 1. The normalized spacial score (nSPS) is 14.8. The smallest absolute Gasteiger partial charge is 0.219 e. The van der Waals surface area contributed by atoms with Crippen LogP contribution in [0.15, 0.2) is 60.1 Å². The van der Waals surface area contributed by atoms with Crippen LogP contribution in [0.1, 0.15) is 24.6 Å². The van der Waals surface area contributed by atoms with Gasteiger partial charge in [-0.15, -0.1) is 11.3 Å². The Kier molecular flexibility index (Phi) is 5.95. The first-order valence-corrected chi connectivity index (χ1v) is 12.0. The van der Waals surface area contributed by atoms with Crippen LogP contribution in [0.25, 0.3) is 27.3 Å². The van der Waals surface area contributed by atoms with E-state index in [4.69, 9.17) is 4.98 Å². The van der Waals surface area contributed by atoms with Crippen LogP contribution in [0.5, 0.6) is 0 Å². The fraction of sp³-hybridized carbons (Fsp3) is 0.269. The number of benzene rings is 1. The molecule has 0 unspecified atom stereocenters. The Bertz CT molecular complexity index is 1330. The average molecular weight is 456 g/mol. The molecule has 0 atom stereocenters. The summed E-state index contributed by atoms with van der Waals surface area (Å²) in [4.78, 5) is 22.4. The second-order valence-corrected chi connectivity index (χ2v) is 9.31. The van der Waals surface area contributed by atoms with Crippen LogP contribution >= 0.6 is 11.3 Å². The number of carbonyl (C=O) groups excluding carboxylic acids is 1. The molecule has 166 valence electrons. The third-order valence-electron chi connectivity index (χ3n) is 6.20. The van der Waals surface area contributed by atoms with E-state index in [1.807, 2.05) is 29.2 Å². The number of hydrogen-bond donors (Lipinski definition) is 0. The van der Waals surface area contributed by atoms with E-state index in [0.717, 1.165) is 67.3 Å². The molecule has 7 heteroatoms. The number of aromatic nitrogens is 2. The van der Waals surface area contributed by atoms with E-state index in [9.17, 15) is 10.1 Å². The van der Waals surface area contributed by atoms with Crippen LogP contribution in [0.4, 0.5) is 0 Å². The van der Waals surface area contributed by atoms with Gasteiger partial charge in [0.15, 0.2) is 0 Å². The predicted molar refractivity (Wildman–Crippen MR) is 131 cm³/mol. The Morgan fingerprint density at radius 1 is 1.09 bits per heavy atom. The van der Waals surface area contributed by atoms with Gasteiger partial charge in [-0.3, -0.25) is 9.69 Å². The maximum Gasteiger partial charge on any atom is 0.219 e. The Morgan fingerprint density at radius 2 is 2.00 bits per heavy atom. The third kappa shape index (κ3) is 4.40. The van der Waals surface area contributed by atoms with Gasteiger partial charge in [0.1, 0.15) is 5.65 Å². The lowest BCUT2D eigenvalue weighted by Crippen LogP contribution is -2.33. The van der Waals surface area contributed by atoms with Crippen molar-refractivity contribution in [3.63, 3.8) is 0 Å². The SMILES string of the molecule is CC(=O)N1CCCN(Cc2c(-c3cccc(C#N)c3)nc3ccc(-c4cccs4)cn23)CC1. The number of thiophene rings is 1. The van der Waals surface area contributed by atoms with Gasteiger partial charge in [0, 0.05) is 61.8 Å². The average Bonchev–Trinajstić information content (AvgIpc) is 3.42. The van der Waals surface area contributed by atoms with Crippen LogP contribution in [0.3, 0.4) is 0 Å². The molecule has 0 bridgehead atoms. The van der Waals surface area contributed by atoms with Crippen LogP contribution in [-0.4, -0.2) is 51.3 Å². The summed E-state index contributed by atoms with van der Waals surface area (Å²) in [5.74, 6) is 0.140. The molecule has 33 heavy (non-hydrogen) atoms. The third-order valence-corrected chi connectivity index (χ3v) is 7.11. The summed E-state index contributed by atoms with van der Waals surface area (Å²) in [5, 5.41) is 11.5. The molecule has 0 N–H and O–H groups in total. The zero-order valence-corrected chi connectivity index (χ0v) is 19.4. The van der Waals surface area contributed by atoms with Crippen molar-refractivity contribution >= 4 is 22.9 Å². The number of nitrogens with zero attached hydrogens (tertiary/aromatic N) is 5. The van der Waals surface area contributed by atoms with Gasteiger partial charge in [0.25, 0.3) is 0 Å². The van der Waals surface area contributed by atoms with Gasteiger partial charge in [-0.1, -0.05) is 18.2 Å². The topological polar surface area (TPSA) is 64.6 Å². The number of pyridine rings is 1. The highest BCUT2D eigenvalue weighted by Gasteiger charge is 2.21. The lowest BCUT2D eigenvalue weighted by atomic mass is 10.1. The fourth-order valence-electron chi connectivity index (χ4n) is 4.46. The van der Waals surface area contributed by atoms with Crippen LogP contribution in [-0.2, 0) is 11.3 Å². The standard InChI is InChI=1S/C26H25N5OS/c1-19(32)30-11-4-10-29(12-13-30)18-23-26(21-6-2-5-20(15-21)16-27)28-25-9-8-22(17-31(23)25)24-7-3-14-33-24/h2-3,5-9,14-15,17H,4,10-13,18H2,1H3. The molecule has 0 radical (unpaired) electrons. The summed E-state index contributed by atoms with van der Waals surface area (Å²) in [7, 11) is 0. The summed E-state index contributed by atoms with van der Waals surface area (Å²) >= 11 is 1.72. The molecule has 4 heterocycles. The zero-order valence-electron chi connectivity index (χ0n) is 18.6. The maximum atomic E-state index is 11.9. The highest BCUT2D eigenvalue weighted by atomic mass is 32.1. The molecule has 0 saturated carbocycles. The van der Waals surface area contributed by atoms with E-state index >= 15 is 0 Å². The second-order valence-electron chi connectivity index (χ2n) is 8.36. The van der Waals surface area contributed by atoms with Crippen molar-refractivity contribution in [1.82, 2.24) is 19.2 Å². The van der Waals surface area contributed by atoms with Crippen molar-refractivity contribution in [1.29, 1.82) is 5.26 Å². The fourth-order valence-corrected chi connectivity index (χ4v) is 5.17. The van der Waals surface area contributed by atoms with Crippen molar-refractivity contribution in [2.75, 3.05) is 26.2 Å². The summed E-state index contributed by atoms with van der Waals surface area (Å²) < 4.78 is 2.19. The molecule has 6 nitrogen and oxygen atoms in total. The highest BCUT2D eigenvalue weighted by Crippen LogP contribution is 2.30. The molecule has 0 aliphatic carbocycles. The minimum absolute atomic E-state index is 0.140. The van der Waals surface area contributed by atoms with Crippen LogP contribution in [0, 0.1) is 11.3 Å². The minimum Gasteiger partial charge on any atom is -0.342 e. The largest absolute Gasteiger partial charge is 0.342 e. The molecule has 1 aromatic carbocycles. The molecule has 5 rings (SSSR count). The number of hydrogen-bond acceptors (Lipinski definition) is 5. The Morgan fingerprint density at radius 3 is 2.79 bits per heavy atom. The molecular weight excluding hydrogens is 430 g/mol. The second kappa shape index (κ2) is 9.18. The molecule has 4 aromatic rings. The lowest BCUT2D eigenvalue weighted by Gasteiger charge is -2.21. The molecule has 1 saturated heterocycles. The molecule has 1 aliphatic rings. The Labute approximate surface area is 197 Å². The van der Waals surface area contributed by atoms with Crippen molar-refractivity contribution in [3.05, 3.63) is 71.4 Å². The number of carbonyl (C=O) groups is 1. The zero-order chi connectivity index (χ0) is 22.8. The van der Waals surface area contributed by atoms with Gasteiger partial charge in [-0.2, -0.15) is 5.26 Å². The predicted octanol–water partition coefficient (Wildman–Crippen LogP) is 4.66. The molecule has 3 aromatic heterocycles. The van der Waals surface area contributed by atoms with Crippen molar-refractivity contribution in [3.8, 4) is 27.8 Å². The van der Waals surface area contributed by atoms with Gasteiger partial charge in [0.2, 0.25) is 5.91 Å². The maximum absolute atomic E-state index is 11.9. The van der Waals surface area contributed by atoms with E-state index in [1.165, 1.54) is 4.88 Å². The number of amides is 1. The first kappa shape index (κ1) is 21.4. The van der Waals surface area contributed by atoms with E-state index in [-0.39, 0.29) is 5.91 Å². The summed E-state index contributed by atoms with van der Waals surface area (Å²) in [5.41, 5.74) is 5.64. The van der Waals surface area contributed by atoms with Crippen molar-refractivity contribution in [2.45, 2.75) is 19.9 Å². The number of imidazole rings is 1. The minimum atomic E-state index is 0.140. The van der Waals surface area contributed by atoms with Crippen molar-refractivity contribution < 1.29 is 4.79 Å². The first-order chi connectivity index (χ1) is 16.1. The van der Waals surface area contributed by atoms with E-state index < -0.39 is 0 Å². The van der Waals surface area contributed by atoms with Gasteiger partial charge in [0.05, 0.1) is 23.0 Å². The number of rotatable bonds is 4. The highest BCUT2D eigenvalue weighted by molar-refractivity contribution is 7.13. The van der Waals surface area contributed by atoms with Gasteiger partial charge >= 0.3 is 0 Å². The summed E-state index contributed by atoms with van der Waals surface area (Å²) in [6, 6.07) is 18.3. The summed E-state index contributed by atoms with van der Waals surface area (Å²) in [6.07, 6.45) is 3.12. The summed E-state index contributed by atoms with van der Waals surface area (Å²) in [6.45, 7) is 5.68. The molecular formula is C26H25N5OS. The van der Waals surface area contributed by atoms with Gasteiger partial charge < -0.3 is 9.30 Å². The molecule has 1 amide bonds. The Hall–Kier alpha value is -3.47. The van der Waals surface area contributed by atoms with Crippen molar-refractivity contribution in [2.24, 2.45) is 0 Å². The van der Waals surface area contributed by atoms with E-state index in [0.29, 0.717) is 5.56 Å². The van der Waals surface area contributed by atoms with E-state index in [1.54, 1.807) is 18.3 Å². The number of fused-ring (bicyclic) bond motifs is 1. The monoisotopic (exact) mass is 455 g/mol. The van der Waals surface area contributed by atoms with Gasteiger partial charge in [-0.25, -0.2) is 4.98 Å². The van der Waals surface area contributed by atoms with Crippen LogP contribution in [0.2, 0.25) is 0 Å².